The van der Waals surface area contributed by atoms with E-state index in [0.717, 1.165) is 6.07 Å². The molecule has 0 aliphatic rings. The highest BCUT2D eigenvalue weighted by Crippen LogP contribution is 2.35. The fraction of sp³-hybridized carbons (Fsp3) is 0.400. The lowest BCUT2D eigenvalue weighted by Gasteiger charge is -2.13. The molecule has 0 aliphatic carbocycles. The summed E-state index contributed by atoms with van der Waals surface area (Å²) < 4.78 is 38.2. The Labute approximate surface area is 94.0 Å². The minimum Gasteiger partial charge on any atom is -0.396 e. The summed E-state index contributed by atoms with van der Waals surface area (Å²) in [5.41, 5.74) is -0.427. The van der Waals surface area contributed by atoms with Gasteiger partial charge in [0, 0.05) is 11.1 Å². The average Bonchev–Trinajstić information content (AvgIpc) is 2.14. The summed E-state index contributed by atoms with van der Waals surface area (Å²) in [6, 6.07) is 3.98. The normalized spacial score (nSPS) is 11.8. The van der Waals surface area contributed by atoms with E-state index >= 15 is 0 Å². The van der Waals surface area contributed by atoms with Crippen LogP contribution in [-0.2, 0) is 12.6 Å². The van der Waals surface area contributed by atoms with E-state index in [2.05, 4.69) is 15.9 Å². The fourth-order valence-electron chi connectivity index (χ4n) is 1.33. The van der Waals surface area contributed by atoms with Crippen LogP contribution in [0.1, 0.15) is 17.5 Å². The molecule has 0 amide bonds. The van der Waals surface area contributed by atoms with Gasteiger partial charge >= 0.3 is 6.18 Å². The van der Waals surface area contributed by atoms with Crippen molar-refractivity contribution in [3.8, 4) is 0 Å². The molecule has 5 heteroatoms. The van der Waals surface area contributed by atoms with Crippen molar-refractivity contribution >= 4 is 15.9 Å². The molecule has 0 heterocycles. The molecule has 0 unspecified atom stereocenters. The molecular weight excluding hydrogens is 273 g/mol. The van der Waals surface area contributed by atoms with Crippen LogP contribution in [0.15, 0.2) is 22.7 Å². The topological polar surface area (TPSA) is 20.2 Å². The van der Waals surface area contributed by atoms with Crippen molar-refractivity contribution in [2.24, 2.45) is 0 Å². The highest BCUT2D eigenvalue weighted by Gasteiger charge is 2.33. The zero-order valence-electron chi connectivity index (χ0n) is 7.81. The van der Waals surface area contributed by atoms with Gasteiger partial charge in [-0.25, -0.2) is 0 Å². The predicted octanol–water partition coefficient (Wildman–Crippen LogP) is 3.39. The monoisotopic (exact) mass is 282 g/mol. The van der Waals surface area contributed by atoms with Gasteiger partial charge in [-0.3, -0.25) is 0 Å². The third-order valence-electron chi connectivity index (χ3n) is 2.01. The fourth-order valence-corrected chi connectivity index (χ4v) is 1.90. The molecule has 0 atom stereocenters. The Hall–Kier alpha value is -0.550. The minimum absolute atomic E-state index is 0.112. The van der Waals surface area contributed by atoms with Gasteiger partial charge in [0.05, 0.1) is 5.56 Å². The molecule has 0 saturated carbocycles. The quantitative estimate of drug-likeness (QED) is 0.901. The Morgan fingerprint density at radius 2 is 1.93 bits per heavy atom. The first kappa shape index (κ1) is 12.5. The SMILES string of the molecule is OCCCc1c(Br)cccc1C(F)(F)F. The van der Waals surface area contributed by atoms with Crippen LogP contribution in [0.2, 0.25) is 0 Å². The first-order valence-electron chi connectivity index (χ1n) is 4.42. The standard InChI is InChI=1S/C10H10BrF3O/c11-9-5-1-4-8(10(12,13)14)7(9)3-2-6-15/h1,4-5,15H,2-3,6H2. The average molecular weight is 283 g/mol. The molecule has 1 rings (SSSR count). The molecule has 0 bridgehead atoms. The predicted molar refractivity (Wildman–Crippen MR) is 54.6 cm³/mol. The Morgan fingerprint density at radius 1 is 1.27 bits per heavy atom. The number of rotatable bonds is 3. The molecular formula is C10H10BrF3O. The molecule has 1 nitrogen and oxygen atoms in total. The van der Waals surface area contributed by atoms with Crippen molar-refractivity contribution in [2.45, 2.75) is 19.0 Å². The highest BCUT2D eigenvalue weighted by molar-refractivity contribution is 9.10. The number of halogens is 4. The van der Waals surface area contributed by atoms with Crippen LogP contribution in [0.5, 0.6) is 0 Å². The van der Waals surface area contributed by atoms with Crippen molar-refractivity contribution in [1.29, 1.82) is 0 Å². The second kappa shape index (κ2) is 4.99. The van der Waals surface area contributed by atoms with E-state index in [4.69, 9.17) is 5.11 Å². The van der Waals surface area contributed by atoms with Crippen LogP contribution >= 0.6 is 15.9 Å². The Kier molecular flexibility index (Phi) is 4.16. The first-order chi connectivity index (χ1) is 6.96. The van der Waals surface area contributed by atoms with E-state index in [0.29, 0.717) is 10.9 Å². The van der Waals surface area contributed by atoms with Gasteiger partial charge in [-0.1, -0.05) is 22.0 Å². The molecule has 0 saturated heterocycles. The Bertz CT molecular complexity index is 336. The van der Waals surface area contributed by atoms with E-state index in [1.807, 2.05) is 0 Å². The van der Waals surface area contributed by atoms with Gasteiger partial charge in [0.15, 0.2) is 0 Å². The van der Waals surface area contributed by atoms with E-state index < -0.39 is 11.7 Å². The van der Waals surface area contributed by atoms with Gasteiger partial charge in [-0.15, -0.1) is 0 Å². The molecule has 0 fully saturated rings. The summed E-state index contributed by atoms with van der Waals surface area (Å²) >= 11 is 3.09. The smallest absolute Gasteiger partial charge is 0.396 e. The molecule has 0 spiro atoms. The van der Waals surface area contributed by atoms with Gasteiger partial charge in [-0.05, 0) is 30.5 Å². The lowest BCUT2D eigenvalue weighted by Crippen LogP contribution is -2.10. The molecule has 1 N–H and O–H groups in total. The summed E-state index contributed by atoms with van der Waals surface area (Å²) in [6.07, 6.45) is -3.80. The third-order valence-corrected chi connectivity index (χ3v) is 2.75. The zero-order valence-corrected chi connectivity index (χ0v) is 9.40. The van der Waals surface area contributed by atoms with Gasteiger partial charge in [0.25, 0.3) is 0 Å². The molecule has 1 aromatic rings. The molecule has 0 aliphatic heterocycles. The summed E-state index contributed by atoms with van der Waals surface area (Å²) in [5, 5.41) is 8.62. The van der Waals surface area contributed by atoms with Crippen LogP contribution in [-0.4, -0.2) is 11.7 Å². The molecule has 84 valence electrons. The van der Waals surface area contributed by atoms with Crippen LogP contribution in [0, 0.1) is 0 Å². The molecule has 0 aromatic heterocycles. The lowest BCUT2D eigenvalue weighted by atomic mass is 10.0. The number of benzene rings is 1. The summed E-state index contributed by atoms with van der Waals surface area (Å²) in [4.78, 5) is 0. The van der Waals surface area contributed by atoms with Gasteiger partial charge < -0.3 is 5.11 Å². The van der Waals surface area contributed by atoms with Crippen molar-refractivity contribution in [3.63, 3.8) is 0 Å². The van der Waals surface area contributed by atoms with Crippen molar-refractivity contribution in [3.05, 3.63) is 33.8 Å². The summed E-state index contributed by atoms with van der Waals surface area (Å²) in [7, 11) is 0. The van der Waals surface area contributed by atoms with E-state index in [-0.39, 0.29) is 18.6 Å². The molecule has 15 heavy (non-hydrogen) atoms. The second-order valence-electron chi connectivity index (χ2n) is 3.09. The van der Waals surface area contributed by atoms with Crippen molar-refractivity contribution < 1.29 is 18.3 Å². The maximum Gasteiger partial charge on any atom is 0.416 e. The van der Waals surface area contributed by atoms with Gasteiger partial charge in [0.1, 0.15) is 0 Å². The number of aliphatic hydroxyl groups excluding tert-OH is 1. The number of hydrogen-bond acceptors (Lipinski definition) is 1. The maximum atomic E-state index is 12.6. The number of alkyl halides is 3. The van der Waals surface area contributed by atoms with Crippen LogP contribution in [0.25, 0.3) is 0 Å². The van der Waals surface area contributed by atoms with Crippen LogP contribution in [0.4, 0.5) is 13.2 Å². The largest absolute Gasteiger partial charge is 0.416 e. The van der Waals surface area contributed by atoms with Crippen molar-refractivity contribution in [2.75, 3.05) is 6.61 Å². The number of aliphatic hydroxyl groups is 1. The van der Waals surface area contributed by atoms with E-state index in [9.17, 15) is 13.2 Å². The van der Waals surface area contributed by atoms with Crippen LogP contribution < -0.4 is 0 Å². The molecule has 0 radical (unpaired) electrons. The number of hydrogen-bond donors (Lipinski definition) is 1. The van der Waals surface area contributed by atoms with Crippen molar-refractivity contribution in [1.82, 2.24) is 0 Å². The zero-order chi connectivity index (χ0) is 11.5. The van der Waals surface area contributed by atoms with E-state index in [1.165, 1.54) is 6.07 Å². The minimum atomic E-state index is -4.34. The van der Waals surface area contributed by atoms with E-state index in [1.54, 1.807) is 6.07 Å². The lowest BCUT2D eigenvalue weighted by molar-refractivity contribution is -0.138. The Balaban J connectivity index is 3.09. The summed E-state index contributed by atoms with van der Waals surface area (Å²) in [5.74, 6) is 0. The maximum absolute atomic E-state index is 12.6. The van der Waals surface area contributed by atoms with Gasteiger partial charge in [0.2, 0.25) is 0 Å². The summed E-state index contributed by atoms with van der Waals surface area (Å²) in [6.45, 7) is -0.112. The first-order valence-corrected chi connectivity index (χ1v) is 5.21. The Morgan fingerprint density at radius 3 is 2.47 bits per heavy atom. The second-order valence-corrected chi connectivity index (χ2v) is 3.95. The van der Waals surface area contributed by atoms with Crippen LogP contribution in [0.3, 0.4) is 0 Å². The third kappa shape index (κ3) is 3.21. The van der Waals surface area contributed by atoms with Gasteiger partial charge in [-0.2, -0.15) is 13.2 Å². The highest BCUT2D eigenvalue weighted by atomic mass is 79.9. The molecule has 1 aromatic carbocycles.